The highest BCUT2D eigenvalue weighted by Crippen LogP contribution is 2.38. The van der Waals surface area contributed by atoms with E-state index < -0.39 is 5.51 Å². The SMILES string of the molecule is CC(=O)Cc1cc(C)ccc1SC(F)(F)F. The first kappa shape index (κ1) is 13.1. The second-order valence-corrected chi connectivity index (χ2v) is 4.64. The molecule has 0 fully saturated rings. The maximum atomic E-state index is 12.2. The molecule has 0 radical (unpaired) electrons. The maximum absolute atomic E-state index is 12.2. The zero-order valence-corrected chi connectivity index (χ0v) is 9.71. The molecule has 0 saturated heterocycles. The Morgan fingerprint density at radius 3 is 2.50 bits per heavy atom. The number of aryl methyl sites for hydroxylation is 1. The number of benzene rings is 1. The highest BCUT2D eigenvalue weighted by molar-refractivity contribution is 8.00. The molecule has 0 heterocycles. The lowest BCUT2D eigenvalue weighted by Crippen LogP contribution is -2.04. The van der Waals surface area contributed by atoms with Crippen molar-refractivity contribution >= 4 is 17.5 Å². The van der Waals surface area contributed by atoms with Gasteiger partial charge in [-0.15, -0.1) is 0 Å². The lowest BCUT2D eigenvalue weighted by atomic mass is 10.1. The minimum atomic E-state index is -4.32. The van der Waals surface area contributed by atoms with Crippen molar-refractivity contribution in [1.82, 2.24) is 0 Å². The van der Waals surface area contributed by atoms with Crippen LogP contribution >= 0.6 is 11.8 Å². The molecule has 0 spiro atoms. The molecule has 0 amide bonds. The molecule has 1 aromatic rings. The second-order valence-electron chi connectivity index (χ2n) is 3.54. The van der Waals surface area contributed by atoms with Crippen molar-refractivity contribution in [2.45, 2.75) is 30.7 Å². The van der Waals surface area contributed by atoms with Gasteiger partial charge >= 0.3 is 5.51 Å². The Hall–Kier alpha value is -0.970. The Bertz CT molecular complexity index is 399. The average molecular weight is 248 g/mol. The molecule has 5 heteroatoms. The lowest BCUT2D eigenvalue weighted by Gasteiger charge is -2.10. The van der Waals surface area contributed by atoms with Crippen LogP contribution in [0.5, 0.6) is 0 Å². The summed E-state index contributed by atoms with van der Waals surface area (Å²) < 4.78 is 36.7. The number of thioether (sulfide) groups is 1. The molecular formula is C11H11F3OS. The molecule has 1 aromatic carbocycles. The third-order valence-corrected chi connectivity index (χ3v) is 2.73. The molecule has 0 aliphatic carbocycles. The summed E-state index contributed by atoms with van der Waals surface area (Å²) in [5, 5.41) is 0. The van der Waals surface area contributed by atoms with Crippen molar-refractivity contribution in [1.29, 1.82) is 0 Å². The van der Waals surface area contributed by atoms with Gasteiger partial charge in [0.1, 0.15) is 5.78 Å². The van der Waals surface area contributed by atoms with Gasteiger partial charge in [0, 0.05) is 11.3 Å². The Kier molecular flexibility index (Phi) is 4.02. The van der Waals surface area contributed by atoms with Crippen LogP contribution in [0.4, 0.5) is 13.2 Å². The molecule has 0 N–H and O–H groups in total. The van der Waals surface area contributed by atoms with Gasteiger partial charge in [-0.3, -0.25) is 4.79 Å². The third-order valence-electron chi connectivity index (χ3n) is 1.88. The van der Waals surface area contributed by atoms with Crippen molar-refractivity contribution in [2.24, 2.45) is 0 Å². The normalized spacial score (nSPS) is 11.6. The Balaban J connectivity index is 3.02. The van der Waals surface area contributed by atoms with Crippen LogP contribution in [0.1, 0.15) is 18.1 Å². The fourth-order valence-electron chi connectivity index (χ4n) is 1.34. The number of Topliss-reactive ketones (excluding diaryl/α,β-unsaturated/α-hetero) is 1. The topological polar surface area (TPSA) is 17.1 Å². The fraction of sp³-hybridized carbons (Fsp3) is 0.364. The van der Waals surface area contributed by atoms with E-state index in [9.17, 15) is 18.0 Å². The number of hydrogen-bond donors (Lipinski definition) is 0. The van der Waals surface area contributed by atoms with Gasteiger partial charge in [-0.25, -0.2) is 0 Å². The quantitative estimate of drug-likeness (QED) is 0.758. The first-order valence-corrected chi connectivity index (χ1v) is 5.44. The van der Waals surface area contributed by atoms with Crippen LogP contribution in [-0.4, -0.2) is 11.3 Å². The molecule has 0 aliphatic heterocycles. The average Bonchev–Trinajstić information content (AvgIpc) is 2.06. The van der Waals surface area contributed by atoms with Gasteiger partial charge in [0.05, 0.1) is 0 Å². The summed E-state index contributed by atoms with van der Waals surface area (Å²) in [5.41, 5.74) is -3.03. The van der Waals surface area contributed by atoms with E-state index in [1.54, 1.807) is 19.1 Å². The van der Waals surface area contributed by atoms with E-state index in [2.05, 4.69) is 0 Å². The molecule has 1 rings (SSSR count). The van der Waals surface area contributed by atoms with Gasteiger partial charge in [0.2, 0.25) is 0 Å². The Labute approximate surface area is 96.0 Å². The Morgan fingerprint density at radius 1 is 1.38 bits per heavy atom. The zero-order valence-electron chi connectivity index (χ0n) is 8.89. The van der Waals surface area contributed by atoms with Crippen LogP contribution in [0.25, 0.3) is 0 Å². The molecule has 0 unspecified atom stereocenters. The summed E-state index contributed by atoms with van der Waals surface area (Å²) in [7, 11) is 0. The van der Waals surface area contributed by atoms with Crippen molar-refractivity contribution < 1.29 is 18.0 Å². The highest BCUT2D eigenvalue weighted by Gasteiger charge is 2.30. The largest absolute Gasteiger partial charge is 0.446 e. The highest BCUT2D eigenvalue weighted by atomic mass is 32.2. The van der Waals surface area contributed by atoms with E-state index in [0.717, 1.165) is 5.56 Å². The summed E-state index contributed by atoms with van der Waals surface area (Å²) >= 11 is -0.174. The molecule has 16 heavy (non-hydrogen) atoms. The van der Waals surface area contributed by atoms with E-state index in [1.165, 1.54) is 13.0 Å². The van der Waals surface area contributed by atoms with E-state index in [0.29, 0.717) is 5.56 Å². The minimum Gasteiger partial charge on any atom is -0.300 e. The first-order valence-electron chi connectivity index (χ1n) is 4.62. The predicted molar refractivity (Wildman–Crippen MR) is 57.5 cm³/mol. The third kappa shape index (κ3) is 4.26. The van der Waals surface area contributed by atoms with Crippen LogP contribution in [-0.2, 0) is 11.2 Å². The van der Waals surface area contributed by atoms with Crippen LogP contribution in [0.3, 0.4) is 0 Å². The van der Waals surface area contributed by atoms with E-state index in [-0.39, 0.29) is 28.9 Å². The number of halogens is 3. The molecule has 0 aliphatic rings. The maximum Gasteiger partial charge on any atom is 0.446 e. The summed E-state index contributed by atoms with van der Waals surface area (Å²) in [6.45, 7) is 3.15. The van der Waals surface area contributed by atoms with Gasteiger partial charge in [-0.05, 0) is 37.2 Å². The predicted octanol–water partition coefficient (Wildman–Crippen LogP) is 3.74. The van der Waals surface area contributed by atoms with Crippen LogP contribution in [0, 0.1) is 6.92 Å². The van der Waals surface area contributed by atoms with Gasteiger partial charge in [-0.2, -0.15) is 13.2 Å². The molecular weight excluding hydrogens is 237 g/mol. The van der Waals surface area contributed by atoms with Crippen molar-refractivity contribution in [2.75, 3.05) is 0 Å². The van der Waals surface area contributed by atoms with Gasteiger partial charge < -0.3 is 0 Å². The molecule has 1 nitrogen and oxygen atoms in total. The van der Waals surface area contributed by atoms with Gasteiger partial charge in [-0.1, -0.05) is 17.7 Å². The van der Waals surface area contributed by atoms with Crippen molar-refractivity contribution in [3.05, 3.63) is 29.3 Å². The Morgan fingerprint density at radius 2 is 2.00 bits per heavy atom. The summed E-state index contributed by atoms with van der Waals surface area (Å²) in [6.07, 6.45) is 0.0418. The minimum absolute atomic E-state index is 0.0418. The number of carbonyl (C=O) groups is 1. The number of hydrogen-bond acceptors (Lipinski definition) is 2. The molecule has 88 valence electrons. The first-order chi connectivity index (χ1) is 7.28. The van der Waals surface area contributed by atoms with Crippen LogP contribution < -0.4 is 0 Å². The number of rotatable bonds is 3. The van der Waals surface area contributed by atoms with E-state index in [4.69, 9.17) is 0 Å². The molecule has 0 saturated carbocycles. The second kappa shape index (κ2) is 4.91. The number of ketones is 1. The summed E-state index contributed by atoms with van der Waals surface area (Å²) in [4.78, 5) is 11.1. The van der Waals surface area contributed by atoms with Gasteiger partial charge in [0.15, 0.2) is 0 Å². The van der Waals surface area contributed by atoms with E-state index in [1.807, 2.05) is 0 Å². The standard InChI is InChI=1S/C11H11F3OS/c1-7-3-4-10(16-11(12,13)14)9(5-7)6-8(2)15/h3-5H,6H2,1-2H3. The zero-order chi connectivity index (χ0) is 12.3. The van der Waals surface area contributed by atoms with Crippen LogP contribution in [0.2, 0.25) is 0 Å². The molecule has 0 atom stereocenters. The number of alkyl halides is 3. The number of carbonyl (C=O) groups excluding carboxylic acids is 1. The van der Waals surface area contributed by atoms with Gasteiger partial charge in [0.25, 0.3) is 0 Å². The van der Waals surface area contributed by atoms with Crippen molar-refractivity contribution in [3.8, 4) is 0 Å². The molecule has 0 bridgehead atoms. The van der Waals surface area contributed by atoms with Crippen molar-refractivity contribution in [3.63, 3.8) is 0 Å². The van der Waals surface area contributed by atoms with E-state index >= 15 is 0 Å². The smallest absolute Gasteiger partial charge is 0.300 e. The lowest BCUT2D eigenvalue weighted by molar-refractivity contribution is -0.116. The summed E-state index contributed by atoms with van der Waals surface area (Å²) in [6, 6.07) is 4.64. The van der Waals surface area contributed by atoms with Crippen LogP contribution in [0.15, 0.2) is 23.1 Å². The summed E-state index contributed by atoms with van der Waals surface area (Å²) in [5.74, 6) is -0.144. The fourth-order valence-corrected chi connectivity index (χ4v) is 1.99. The monoisotopic (exact) mass is 248 g/mol. The molecule has 0 aromatic heterocycles.